The van der Waals surface area contributed by atoms with Crippen molar-refractivity contribution in [2.24, 2.45) is 33.9 Å². The van der Waals surface area contributed by atoms with E-state index in [1.165, 1.54) is 7.11 Å². The van der Waals surface area contributed by atoms with Gasteiger partial charge < -0.3 is 61.6 Å². The Kier molecular flexibility index (Phi) is 22.5. The number of carbonyl (C=O) groups excluding carboxylic acids is 2. The molecule has 21 nitrogen and oxygen atoms in total. The van der Waals surface area contributed by atoms with E-state index in [2.05, 4.69) is 20.1 Å². The molecule has 0 spiro atoms. The Morgan fingerprint density at radius 3 is 1.38 bits per heavy atom. The van der Waals surface area contributed by atoms with Crippen LogP contribution in [0.25, 0.3) is 20.9 Å². The van der Waals surface area contributed by atoms with Crippen molar-refractivity contribution in [3.8, 4) is 0 Å². The van der Waals surface area contributed by atoms with Crippen molar-refractivity contribution in [1.29, 1.82) is 0 Å². The van der Waals surface area contributed by atoms with Crippen LogP contribution in [-0.2, 0) is 81.4 Å². The van der Waals surface area contributed by atoms with Gasteiger partial charge in [0.25, 0.3) is 0 Å². The Morgan fingerprint density at radius 2 is 0.859 bits per heavy atom. The van der Waals surface area contributed by atoms with Crippen LogP contribution in [0.4, 0.5) is 0 Å². The van der Waals surface area contributed by atoms with E-state index >= 15 is 0 Å². The zero-order chi connectivity index (χ0) is 59.8. The van der Waals surface area contributed by atoms with Gasteiger partial charge in [0, 0.05) is 22.9 Å². The van der Waals surface area contributed by atoms with Crippen molar-refractivity contribution in [3.63, 3.8) is 0 Å². The highest BCUT2D eigenvalue weighted by molar-refractivity contribution is 5.90. The number of hydrogen-bond donors (Lipinski definition) is 0. The first-order chi connectivity index (χ1) is 41.3. The van der Waals surface area contributed by atoms with Crippen LogP contribution in [0.2, 0.25) is 0 Å². The third-order valence-electron chi connectivity index (χ3n) is 16.5. The molecular formula is C64H76N6O15. The van der Waals surface area contributed by atoms with Crippen molar-refractivity contribution < 1.29 is 71.2 Å². The second-order valence-electron chi connectivity index (χ2n) is 22.1. The third-order valence-corrected chi connectivity index (χ3v) is 16.5. The quantitative estimate of drug-likeness (QED) is 0.0241. The van der Waals surface area contributed by atoms with Crippen molar-refractivity contribution in [2.45, 2.75) is 160 Å². The maximum Gasteiger partial charge on any atom is 0.338 e. The number of rotatable bonds is 24. The number of benzene rings is 5. The summed E-state index contributed by atoms with van der Waals surface area (Å²) in [5.41, 5.74) is 23.5. The van der Waals surface area contributed by atoms with Gasteiger partial charge in [0.2, 0.25) is 0 Å². The van der Waals surface area contributed by atoms with Gasteiger partial charge in [-0.2, -0.15) is 0 Å². The molecule has 5 aromatic rings. The fourth-order valence-corrected chi connectivity index (χ4v) is 11.5. The van der Waals surface area contributed by atoms with Crippen molar-refractivity contribution in [1.82, 2.24) is 0 Å². The van der Waals surface area contributed by atoms with Gasteiger partial charge in [0.1, 0.15) is 18.3 Å². The van der Waals surface area contributed by atoms with Gasteiger partial charge in [0.05, 0.1) is 86.8 Å². The summed E-state index contributed by atoms with van der Waals surface area (Å²) in [5, 5.41) is 8.49. The SMILES string of the molecule is CO[C@H]1O[C@@H](C)[C@@H](O[C@H]2OC(COCc3ccccc3)[C@@H](O[C@@H]3OC(C)[C@@H](O[C@H]4OC(COCc5ccccc5)[C@@H](C)[C@H](C)C4N=[N+]=[N-])[C@H](C)C3OC(=O)c3ccccc3)[C@H](C)C2N=[N+]=[N-])C(OCc2ccccc2)C1OC(=O)c1ccccc1. The number of esters is 2. The van der Waals surface area contributed by atoms with Crippen LogP contribution in [-0.4, -0.2) is 131 Å². The molecule has 4 aliphatic heterocycles. The van der Waals surface area contributed by atoms with E-state index in [0.717, 1.165) is 16.7 Å². The second kappa shape index (κ2) is 30.5. The Morgan fingerprint density at radius 1 is 0.435 bits per heavy atom. The molecule has 452 valence electrons. The molecule has 0 aliphatic carbocycles. The van der Waals surface area contributed by atoms with Crippen LogP contribution in [0.3, 0.4) is 0 Å². The van der Waals surface area contributed by atoms with Gasteiger partial charge in [-0.15, -0.1) is 0 Å². The molecule has 0 amide bonds. The molecule has 21 heteroatoms. The number of azide groups is 2. The highest BCUT2D eigenvalue weighted by atomic mass is 16.8. The molecule has 5 aromatic carbocycles. The second-order valence-corrected chi connectivity index (χ2v) is 22.1. The van der Waals surface area contributed by atoms with Crippen LogP contribution in [0.15, 0.2) is 162 Å². The van der Waals surface area contributed by atoms with E-state index in [0.29, 0.717) is 12.2 Å². The molecule has 4 aliphatic rings. The van der Waals surface area contributed by atoms with Gasteiger partial charge in [-0.05, 0) is 83.6 Å². The van der Waals surface area contributed by atoms with Crippen LogP contribution in [0, 0.1) is 23.7 Å². The number of ether oxygens (including phenoxy) is 13. The summed E-state index contributed by atoms with van der Waals surface area (Å²) in [6, 6.07) is 44.2. The van der Waals surface area contributed by atoms with Gasteiger partial charge in [-0.1, -0.05) is 165 Å². The lowest BCUT2D eigenvalue weighted by atomic mass is 9.82. The summed E-state index contributed by atoms with van der Waals surface area (Å²) in [4.78, 5) is 34.6. The highest BCUT2D eigenvalue weighted by Gasteiger charge is 2.55. The van der Waals surface area contributed by atoms with Gasteiger partial charge in [-0.25, -0.2) is 9.59 Å². The largest absolute Gasteiger partial charge is 0.453 e. The summed E-state index contributed by atoms with van der Waals surface area (Å²) in [5.74, 6) is -2.93. The lowest BCUT2D eigenvalue weighted by molar-refractivity contribution is -0.362. The Balaban J connectivity index is 1.01. The van der Waals surface area contributed by atoms with Crippen LogP contribution < -0.4 is 0 Å². The lowest BCUT2D eigenvalue weighted by Crippen LogP contribution is -2.64. The Labute approximate surface area is 495 Å². The van der Waals surface area contributed by atoms with E-state index in [1.807, 2.05) is 126 Å². The van der Waals surface area contributed by atoms with Crippen molar-refractivity contribution in [3.05, 3.63) is 200 Å². The monoisotopic (exact) mass is 1170 g/mol. The van der Waals surface area contributed by atoms with Crippen LogP contribution >= 0.6 is 0 Å². The summed E-state index contributed by atoms with van der Waals surface area (Å²) in [7, 11) is 1.45. The highest BCUT2D eigenvalue weighted by Crippen LogP contribution is 2.42. The smallest absolute Gasteiger partial charge is 0.338 e. The van der Waals surface area contributed by atoms with Crippen molar-refractivity contribution >= 4 is 11.9 Å². The number of hydrogen-bond acceptors (Lipinski definition) is 17. The summed E-state index contributed by atoms with van der Waals surface area (Å²) in [6.07, 6.45) is -13.8. The number of methoxy groups -OCH3 is 1. The average Bonchev–Trinajstić information content (AvgIpc) is 1.83. The van der Waals surface area contributed by atoms with E-state index in [4.69, 9.17) is 61.6 Å². The standard InChI is InChI=1S/C64H76N6O15/c1-38-39(2)51(67-69-65)61(79-49(38)36-74-33-44-23-13-8-14-24-44)83-53-41(4)55(81-59(71)47-29-19-11-20-30-47)64(78-42(53)5)84-54-40(3)52(68-70-66)62(80-50(54)37-75-34-45-25-15-9-16-26-45)85-56-43(6)77-63(73-7)58(82-60(72)48-31-21-12-22-32-48)57(56)76-35-46-27-17-10-18-28-46/h8-32,38-43,49-58,61-64H,33-37H2,1-7H3/t38-,39-,40+,41-,42?,43-,49?,50?,51?,52?,53-,54-,55?,56+,57?,58?,61+,62+,63-,64-/m0/s1. The molecular weight excluding hydrogens is 1090 g/mol. The summed E-state index contributed by atoms with van der Waals surface area (Å²) < 4.78 is 85.6. The average molecular weight is 1170 g/mol. The van der Waals surface area contributed by atoms with E-state index in [1.54, 1.807) is 67.6 Å². The van der Waals surface area contributed by atoms with Crippen molar-refractivity contribution in [2.75, 3.05) is 20.3 Å². The number of nitrogens with zero attached hydrogens (tertiary/aromatic N) is 6. The molecule has 0 aromatic heterocycles. The predicted octanol–water partition coefficient (Wildman–Crippen LogP) is 11.1. The zero-order valence-electron chi connectivity index (χ0n) is 48.8. The first kappa shape index (κ1) is 62.7. The maximum absolute atomic E-state index is 14.2. The van der Waals surface area contributed by atoms with Crippen LogP contribution in [0.5, 0.6) is 0 Å². The lowest BCUT2D eigenvalue weighted by Gasteiger charge is -2.51. The third kappa shape index (κ3) is 15.8. The first-order valence-corrected chi connectivity index (χ1v) is 29.0. The Bertz CT molecular complexity index is 2970. The minimum atomic E-state index is -1.30. The predicted molar refractivity (Wildman–Crippen MR) is 309 cm³/mol. The molecule has 8 unspecified atom stereocenters. The molecule has 85 heavy (non-hydrogen) atoms. The molecule has 0 N–H and O–H groups in total. The molecule has 0 saturated carbocycles. The van der Waals surface area contributed by atoms with Gasteiger partial charge >= 0.3 is 11.9 Å². The van der Waals surface area contributed by atoms with Crippen LogP contribution in [0.1, 0.15) is 78.9 Å². The normalized spacial score (nSPS) is 32.9. The van der Waals surface area contributed by atoms with E-state index in [9.17, 15) is 20.7 Å². The topological polar surface area (TPSA) is 252 Å². The van der Waals surface area contributed by atoms with Gasteiger partial charge in [-0.3, -0.25) is 0 Å². The molecule has 4 fully saturated rings. The fraction of sp³-hybridized carbons (Fsp3) is 0.500. The Hall–Kier alpha value is -6.78. The maximum atomic E-state index is 14.2. The zero-order valence-corrected chi connectivity index (χ0v) is 48.8. The molecule has 4 saturated heterocycles. The summed E-state index contributed by atoms with van der Waals surface area (Å²) in [6.45, 7) is 12.2. The summed E-state index contributed by atoms with van der Waals surface area (Å²) >= 11 is 0. The molecule has 0 bridgehead atoms. The van der Waals surface area contributed by atoms with E-state index in [-0.39, 0.29) is 43.8 Å². The molecule has 20 atom stereocenters. The molecule has 0 radical (unpaired) electrons. The number of carbonyl (C=O) groups is 2. The van der Waals surface area contributed by atoms with Gasteiger partial charge in [0.15, 0.2) is 37.4 Å². The molecule has 4 heterocycles. The minimum absolute atomic E-state index is 0.0643. The minimum Gasteiger partial charge on any atom is -0.453 e. The first-order valence-electron chi connectivity index (χ1n) is 29.0. The molecule has 9 rings (SSSR count). The van der Waals surface area contributed by atoms with E-state index < -0.39 is 122 Å². The fourth-order valence-electron chi connectivity index (χ4n) is 11.5.